The first-order valence-electron chi connectivity index (χ1n) is 7.67. The van der Waals surface area contributed by atoms with E-state index in [1.165, 1.54) is 12.1 Å². The maximum absolute atomic E-state index is 13.6. The highest BCUT2D eigenvalue weighted by Gasteiger charge is 2.22. The van der Waals surface area contributed by atoms with Crippen molar-refractivity contribution in [2.45, 2.75) is 6.54 Å². The topological polar surface area (TPSA) is 67.8 Å². The van der Waals surface area contributed by atoms with Gasteiger partial charge in [0.05, 0.1) is 5.69 Å². The third-order valence-electron chi connectivity index (χ3n) is 4.41. The Balaban J connectivity index is 2.14. The van der Waals surface area contributed by atoms with Crippen molar-refractivity contribution in [1.29, 1.82) is 0 Å². The zero-order valence-corrected chi connectivity index (χ0v) is 14.5. The number of hydrogen-bond donors (Lipinski definition) is 3. The van der Waals surface area contributed by atoms with Crippen LogP contribution in [0.25, 0.3) is 33.2 Å². The summed E-state index contributed by atoms with van der Waals surface area (Å²) in [6, 6.07) is 11.9. The normalized spacial score (nSPS) is 11.5. The molecule has 3 nitrogen and oxygen atoms in total. The lowest BCUT2D eigenvalue weighted by Crippen LogP contribution is -2.08. The quantitative estimate of drug-likeness (QED) is 0.438. The fourth-order valence-electron chi connectivity index (χ4n) is 3.30. The predicted molar refractivity (Wildman–Crippen MR) is 103 cm³/mol. The van der Waals surface area contributed by atoms with Crippen molar-refractivity contribution < 1.29 is 4.39 Å². The SMILES string of the molecule is NCc1c(N)[nH]c2c3ccc(F)cc3cc-2c1-c1ccc(Cl)cc1Cl. The van der Waals surface area contributed by atoms with Gasteiger partial charge in [-0.1, -0.05) is 29.3 Å². The Labute approximate surface area is 153 Å². The van der Waals surface area contributed by atoms with E-state index in [4.69, 9.17) is 34.7 Å². The molecule has 1 aliphatic carbocycles. The molecule has 0 saturated carbocycles. The number of aromatic amines is 1. The molecule has 6 heteroatoms. The first-order chi connectivity index (χ1) is 12.0. The molecular weight excluding hydrogens is 360 g/mol. The lowest BCUT2D eigenvalue weighted by Gasteiger charge is -2.18. The first-order valence-corrected chi connectivity index (χ1v) is 8.43. The van der Waals surface area contributed by atoms with Gasteiger partial charge < -0.3 is 16.5 Å². The molecule has 25 heavy (non-hydrogen) atoms. The molecule has 0 fully saturated rings. The summed E-state index contributed by atoms with van der Waals surface area (Å²) in [4.78, 5) is 3.20. The third kappa shape index (κ3) is 2.54. The molecule has 126 valence electrons. The molecule has 0 spiro atoms. The Morgan fingerprint density at radius 3 is 2.52 bits per heavy atom. The van der Waals surface area contributed by atoms with E-state index < -0.39 is 0 Å². The van der Waals surface area contributed by atoms with Crippen molar-refractivity contribution >= 4 is 39.8 Å². The molecule has 0 amide bonds. The largest absolute Gasteiger partial charge is 0.385 e. The highest BCUT2D eigenvalue weighted by Crippen LogP contribution is 2.45. The summed E-state index contributed by atoms with van der Waals surface area (Å²) in [5.74, 6) is 0.175. The standard InChI is InChI=1S/C19H14Cl2FN3/c20-10-1-3-13(16(21)7-10)17-14-6-9-5-11(22)2-4-12(9)18(14)25-19(24)15(17)8-23/h1-7,25H,8,23-24H2. The van der Waals surface area contributed by atoms with Gasteiger partial charge in [-0.05, 0) is 41.8 Å². The van der Waals surface area contributed by atoms with E-state index in [2.05, 4.69) is 4.98 Å². The maximum atomic E-state index is 13.6. The van der Waals surface area contributed by atoms with Crippen molar-refractivity contribution in [3.63, 3.8) is 0 Å². The molecule has 0 aromatic heterocycles. The second-order valence-electron chi connectivity index (χ2n) is 5.89. The molecule has 2 aliphatic rings. The first kappa shape index (κ1) is 16.2. The van der Waals surface area contributed by atoms with Gasteiger partial charge in [0.2, 0.25) is 0 Å². The lowest BCUT2D eigenvalue weighted by molar-refractivity contribution is 0.630. The number of H-pyrrole nitrogens is 1. The summed E-state index contributed by atoms with van der Waals surface area (Å²) in [6.07, 6.45) is 0. The molecule has 0 radical (unpaired) electrons. The van der Waals surface area contributed by atoms with Crippen molar-refractivity contribution in [3.05, 3.63) is 63.9 Å². The molecular formula is C19H14Cl2FN3. The van der Waals surface area contributed by atoms with Crippen LogP contribution in [0.3, 0.4) is 0 Å². The number of anilines is 1. The van der Waals surface area contributed by atoms with E-state index in [1.807, 2.05) is 12.1 Å². The highest BCUT2D eigenvalue weighted by atomic mass is 35.5. The van der Waals surface area contributed by atoms with Crippen molar-refractivity contribution in [2.24, 2.45) is 5.73 Å². The molecule has 4 rings (SSSR count). The van der Waals surface area contributed by atoms with Crippen molar-refractivity contribution in [3.8, 4) is 22.4 Å². The van der Waals surface area contributed by atoms with Crippen LogP contribution in [0.2, 0.25) is 10.0 Å². The van der Waals surface area contributed by atoms with Crippen LogP contribution in [-0.2, 0) is 6.54 Å². The number of pyridine rings is 1. The highest BCUT2D eigenvalue weighted by molar-refractivity contribution is 6.36. The molecule has 2 aromatic rings. The Kier molecular flexibility index (Phi) is 3.84. The van der Waals surface area contributed by atoms with Crippen LogP contribution < -0.4 is 11.5 Å². The average molecular weight is 374 g/mol. The van der Waals surface area contributed by atoms with E-state index in [0.717, 1.165) is 38.7 Å². The molecule has 0 unspecified atom stereocenters. The van der Waals surface area contributed by atoms with Crippen molar-refractivity contribution in [2.75, 3.05) is 5.73 Å². The fraction of sp³-hybridized carbons (Fsp3) is 0.0526. The number of aromatic nitrogens is 1. The molecule has 1 heterocycles. The van der Waals surface area contributed by atoms with Crippen LogP contribution >= 0.6 is 23.2 Å². The van der Waals surface area contributed by atoms with Crippen LogP contribution in [0.1, 0.15) is 5.56 Å². The zero-order chi connectivity index (χ0) is 17.7. The number of nitrogens with two attached hydrogens (primary N) is 2. The number of hydrogen-bond acceptors (Lipinski definition) is 2. The number of nitrogens with one attached hydrogen (secondary N) is 1. The Morgan fingerprint density at radius 1 is 1.00 bits per heavy atom. The number of rotatable bonds is 2. The minimum atomic E-state index is -0.291. The van der Waals surface area contributed by atoms with E-state index in [0.29, 0.717) is 15.9 Å². The van der Waals surface area contributed by atoms with Gasteiger partial charge in [0.15, 0.2) is 0 Å². The summed E-state index contributed by atoms with van der Waals surface area (Å²) in [6.45, 7) is 0.239. The van der Waals surface area contributed by atoms with Crippen molar-refractivity contribution in [1.82, 2.24) is 4.98 Å². The smallest absolute Gasteiger partial charge is 0.123 e. The van der Waals surface area contributed by atoms with Crippen LogP contribution in [0.15, 0.2) is 42.5 Å². The molecule has 5 N–H and O–H groups in total. The zero-order valence-electron chi connectivity index (χ0n) is 13.0. The predicted octanol–water partition coefficient (Wildman–Crippen LogP) is 5.43. The van der Waals surface area contributed by atoms with Gasteiger partial charge in [-0.25, -0.2) is 4.39 Å². The summed E-state index contributed by atoms with van der Waals surface area (Å²) in [5.41, 5.74) is 16.3. The maximum Gasteiger partial charge on any atom is 0.123 e. The van der Waals surface area contributed by atoms with E-state index >= 15 is 0 Å². The minimum Gasteiger partial charge on any atom is -0.385 e. The van der Waals surface area contributed by atoms with Gasteiger partial charge in [-0.15, -0.1) is 0 Å². The molecule has 1 aliphatic heterocycles. The second kappa shape index (κ2) is 5.92. The average Bonchev–Trinajstić information content (AvgIpc) is 2.91. The monoisotopic (exact) mass is 373 g/mol. The Morgan fingerprint density at radius 2 is 1.80 bits per heavy atom. The van der Waals surface area contributed by atoms with Crippen LogP contribution in [-0.4, -0.2) is 4.98 Å². The van der Waals surface area contributed by atoms with E-state index in [9.17, 15) is 4.39 Å². The Bertz CT molecular complexity index is 1090. The summed E-state index contributed by atoms with van der Waals surface area (Å²) in [5, 5.41) is 2.72. The summed E-state index contributed by atoms with van der Waals surface area (Å²) in [7, 11) is 0. The second-order valence-corrected chi connectivity index (χ2v) is 6.73. The molecule has 2 aromatic carbocycles. The third-order valence-corrected chi connectivity index (χ3v) is 4.96. The van der Waals surface area contributed by atoms with E-state index in [-0.39, 0.29) is 12.4 Å². The van der Waals surface area contributed by atoms with Gasteiger partial charge >= 0.3 is 0 Å². The number of halogens is 3. The summed E-state index contributed by atoms with van der Waals surface area (Å²) < 4.78 is 13.6. The minimum absolute atomic E-state index is 0.239. The molecule has 0 atom stereocenters. The number of fused-ring (bicyclic) bond motifs is 3. The van der Waals surface area contributed by atoms with Crippen LogP contribution in [0.5, 0.6) is 0 Å². The van der Waals surface area contributed by atoms with Gasteiger partial charge in [0.1, 0.15) is 11.6 Å². The molecule has 0 saturated heterocycles. The van der Waals surface area contributed by atoms with Gasteiger partial charge in [0, 0.05) is 44.2 Å². The van der Waals surface area contributed by atoms with E-state index in [1.54, 1.807) is 18.2 Å². The van der Waals surface area contributed by atoms with Gasteiger partial charge in [-0.2, -0.15) is 0 Å². The number of nitrogen functional groups attached to an aromatic ring is 1. The Hall–Kier alpha value is -2.27. The lowest BCUT2D eigenvalue weighted by atomic mass is 9.94. The summed E-state index contributed by atoms with van der Waals surface area (Å²) >= 11 is 12.5. The van der Waals surface area contributed by atoms with Crippen LogP contribution in [0.4, 0.5) is 10.2 Å². The van der Waals surface area contributed by atoms with Gasteiger partial charge in [-0.3, -0.25) is 0 Å². The molecule has 0 bridgehead atoms. The fourth-order valence-corrected chi connectivity index (χ4v) is 3.81. The van der Waals surface area contributed by atoms with Crippen LogP contribution in [0, 0.1) is 5.82 Å². The number of benzene rings is 2. The van der Waals surface area contributed by atoms with Gasteiger partial charge in [0.25, 0.3) is 0 Å².